The first-order valence-electron chi connectivity index (χ1n) is 15.8. The van der Waals surface area contributed by atoms with Crippen LogP contribution in [0.25, 0.3) is 0 Å². The van der Waals surface area contributed by atoms with Crippen molar-refractivity contribution in [2.45, 2.75) is 44.6 Å². The molecule has 5 rings (SSSR count). The summed E-state index contributed by atoms with van der Waals surface area (Å²) in [5, 5.41) is 5.48. The first-order valence-corrected chi connectivity index (χ1v) is 15.8. The summed E-state index contributed by atoms with van der Waals surface area (Å²) in [7, 11) is 0. The van der Waals surface area contributed by atoms with Gasteiger partial charge in [-0.25, -0.2) is 4.98 Å². The van der Waals surface area contributed by atoms with Gasteiger partial charge in [0.2, 0.25) is 11.8 Å². The molecule has 0 radical (unpaired) electrons. The molecule has 47 heavy (non-hydrogen) atoms. The Morgan fingerprint density at radius 3 is 2.09 bits per heavy atom. The van der Waals surface area contributed by atoms with Gasteiger partial charge in [-0.1, -0.05) is 91.0 Å². The van der Waals surface area contributed by atoms with E-state index in [9.17, 15) is 14.4 Å². The van der Waals surface area contributed by atoms with E-state index < -0.39 is 29.4 Å². The first kappa shape index (κ1) is 33.5. The number of hydrogen-bond acceptors (Lipinski definition) is 7. The SMILES string of the molecule is CC(C)(N)C(=O)NC(COCc1ccccc1)C(=O)Nc1cn(C(C(=O)N2CCN(Cc3ccccc3)CC2)c2ccccc2)cn1. The second-order valence-corrected chi connectivity index (χ2v) is 12.3. The number of nitrogens with two attached hydrogens (primary N) is 1. The number of carbonyl (C=O) groups is 3. The van der Waals surface area contributed by atoms with Crippen LogP contribution in [0.5, 0.6) is 0 Å². The fraction of sp³-hybridized carbons (Fsp3) is 0.333. The van der Waals surface area contributed by atoms with Crippen LogP contribution in [0.1, 0.15) is 36.6 Å². The predicted octanol–water partition coefficient (Wildman–Crippen LogP) is 3.19. The molecule has 1 aromatic heterocycles. The normalized spacial score (nSPS) is 15.1. The third kappa shape index (κ3) is 9.35. The summed E-state index contributed by atoms with van der Waals surface area (Å²) >= 11 is 0. The summed E-state index contributed by atoms with van der Waals surface area (Å²) in [4.78, 5) is 48.8. The summed E-state index contributed by atoms with van der Waals surface area (Å²) in [6.07, 6.45) is 3.18. The van der Waals surface area contributed by atoms with Crippen LogP contribution < -0.4 is 16.4 Å². The fourth-order valence-electron chi connectivity index (χ4n) is 5.37. The molecule has 1 aliphatic rings. The molecule has 1 saturated heterocycles. The molecular weight excluding hydrogens is 594 g/mol. The summed E-state index contributed by atoms with van der Waals surface area (Å²) in [5.41, 5.74) is 7.78. The van der Waals surface area contributed by atoms with Crippen LogP contribution in [0.15, 0.2) is 104 Å². The highest BCUT2D eigenvalue weighted by Crippen LogP contribution is 2.24. The molecule has 1 fully saturated rings. The van der Waals surface area contributed by atoms with E-state index in [4.69, 9.17) is 10.5 Å². The monoisotopic (exact) mass is 637 g/mol. The lowest BCUT2D eigenvalue weighted by Gasteiger charge is -2.36. The van der Waals surface area contributed by atoms with Crippen LogP contribution in [-0.4, -0.2) is 81.4 Å². The van der Waals surface area contributed by atoms with Crippen molar-refractivity contribution in [3.05, 3.63) is 120 Å². The molecule has 2 unspecified atom stereocenters. The number of ether oxygens (including phenoxy) is 1. The largest absolute Gasteiger partial charge is 0.374 e. The highest BCUT2D eigenvalue weighted by Gasteiger charge is 2.31. The smallest absolute Gasteiger partial charge is 0.250 e. The topological polar surface area (TPSA) is 135 Å². The lowest BCUT2D eigenvalue weighted by atomic mass is 10.0. The number of imidazole rings is 1. The van der Waals surface area contributed by atoms with Crippen molar-refractivity contribution in [2.24, 2.45) is 5.73 Å². The molecule has 11 heteroatoms. The van der Waals surface area contributed by atoms with Crippen molar-refractivity contribution in [1.29, 1.82) is 0 Å². The molecule has 3 amide bonds. The number of rotatable bonds is 13. The standard InChI is InChI=1S/C36H43N7O4/c1-36(2,37)35(46)39-30(25-47-24-28-14-8-4-9-15-28)33(44)40-31-23-43(26-38-31)32(29-16-10-5-11-17-29)34(45)42-20-18-41(19-21-42)22-27-12-6-3-7-13-27/h3-17,23,26,30,32H,18-22,24-25,37H2,1-2H3,(H,39,46)(H,40,44). The second kappa shape index (κ2) is 15.6. The molecule has 0 spiro atoms. The van der Waals surface area contributed by atoms with Crippen molar-refractivity contribution in [1.82, 2.24) is 24.7 Å². The van der Waals surface area contributed by atoms with Gasteiger partial charge < -0.3 is 30.6 Å². The molecule has 4 N–H and O–H groups in total. The number of nitrogens with zero attached hydrogens (tertiary/aromatic N) is 4. The van der Waals surface area contributed by atoms with Gasteiger partial charge in [0.1, 0.15) is 12.1 Å². The molecule has 0 saturated carbocycles. The van der Waals surface area contributed by atoms with Gasteiger partial charge in [0.25, 0.3) is 5.91 Å². The highest BCUT2D eigenvalue weighted by atomic mass is 16.5. The Labute approximate surface area is 275 Å². The zero-order valence-electron chi connectivity index (χ0n) is 26.9. The van der Waals surface area contributed by atoms with Crippen LogP contribution >= 0.6 is 0 Å². The number of aromatic nitrogens is 2. The van der Waals surface area contributed by atoms with E-state index in [0.717, 1.165) is 30.8 Å². The van der Waals surface area contributed by atoms with E-state index in [2.05, 4.69) is 32.7 Å². The van der Waals surface area contributed by atoms with E-state index in [0.29, 0.717) is 13.1 Å². The Hall–Kier alpha value is -4.84. The minimum Gasteiger partial charge on any atom is -0.374 e. The third-order valence-electron chi connectivity index (χ3n) is 8.04. The molecule has 11 nitrogen and oxygen atoms in total. The maximum absolute atomic E-state index is 14.0. The summed E-state index contributed by atoms with van der Waals surface area (Å²) in [5.74, 6) is -0.815. The van der Waals surface area contributed by atoms with Gasteiger partial charge in [0.05, 0.1) is 25.1 Å². The fourth-order valence-corrected chi connectivity index (χ4v) is 5.37. The minimum atomic E-state index is -1.20. The number of carbonyl (C=O) groups excluding carboxylic acids is 3. The first-order chi connectivity index (χ1) is 22.7. The average molecular weight is 638 g/mol. The van der Waals surface area contributed by atoms with E-state index in [-0.39, 0.29) is 24.9 Å². The molecule has 2 atom stereocenters. The predicted molar refractivity (Wildman–Crippen MR) is 180 cm³/mol. The van der Waals surface area contributed by atoms with Gasteiger partial charge >= 0.3 is 0 Å². The van der Waals surface area contributed by atoms with E-state index in [1.807, 2.05) is 83.8 Å². The van der Waals surface area contributed by atoms with E-state index >= 15 is 0 Å². The molecule has 246 valence electrons. The minimum absolute atomic E-state index is 0.0459. The molecule has 2 heterocycles. The Morgan fingerprint density at radius 2 is 1.47 bits per heavy atom. The van der Waals surface area contributed by atoms with Crippen molar-refractivity contribution in [2.75, 3.05) is 38.1 Å². The summed E-state index contributed by atoms with van der Waals surface area (Å²) < 4.78 is 7.51. The summed E-state index contributed by atoms with van der Waals surface area (Å²) in [6, 6.07) is 27.7. The average Bonchev–Trinajstić information content (AvgIpc) is 3.53. The van der Waals surface area contributed by atoms with Crippen molar-refractivity contribution >= 4 is 23.5 Å². The van der Waals surface area contributed by atoms with Crippen molar-refractivity contribution < 1.29 is 19.1 Å². The van der Waals surface area contributed by atoms with E-state index in [1.54, 1.807) is 30.9 Å². The maximum atomic E-state index is 14.0. The molecule has 0 aliphatic carbocycles. The van der Waals surface area contributed by atoms with Gasteiger partial charge in [-0.2, -0.15) is 0 Å². The van der Waals surface area contributed by atoms with E-state index in [1.165, 1.54) is 5.56 Å². The molecule has 4 aromatic rings. The quantitative estimate of drug-likeness (QED) is 0.205. The highest BCUT2D eigenvalue weighted by molar-refractivity contribution is 5.98. The lowest BCUT2D eigenvalue weighted by molar-refractivity contribution is -0.135. The Bertz CT molecular complexity index is 1600. The Balaban J connectivity index is 1.27. The van der Waals surface area contributed by atoms with Gasteiger partial charge in [0.15, 0.2) is 5.82 Å². The van der Waals surface area contributed by atoms with Crippen molar-refractivity contribution in [3.63, 3.8) is 0 Å². The van der Waals surface area contributed by atoms with Gasteiger partial charge in [-0.3, -0.25) is 19.3 Å². The Kier molecular flexibility index (Phi) is 11.2. The zero-order chi connectivity index (χ0) is 33.2. The van der Waals surface area contributed by atoms with Crippen LogP contribution in [-0.2, 0) is 32.3 Å². The van der Waals surface area contributed by atoms with Crippen LogP contribution in [0.2, 0.25) is 0 Å². The second-order valence-electron chi connectivity index (χ2n) is 12.3. The van der Waals surface area contributed by atoms with Crippen LogP contribution in [0.3, 0.4) is 0 Å². The number of nitrogens with one attached hydrogen (secondary N) is 2. The molecule has 1 aliphatic heterocycles. The lowest BCUT2D eigenvalue weighted by Crippen LogP contribution is -2.56. The van der Waals surface area contributed by atoms with Gasteiger partial charge in [0, 0.05) is 38.9 Å². The number of anilines is 1. The third-order valence-corrected chi connectivity index (χ3v) is 8.04. The van der Waals surface area contributed by atoms with Gasteiger partial charge in [-0.05, 0) is 30.5 Å². The van der Waals surface area contributed by atoms with Crippen LogP contribution in [0, 0.1) is 0 Å². The molecule has 3 aromatic carbocycles. The van der Waals surface area contributed by atoms with Gasteiger partial charge in [-0.15, -0.1) is 0 Å². The van der Waals surface area contributed by atoms with Crippen molar-refractivity contribution in [3.8, 4) is 0 Å². The zero-order valence-corrected chi connectivity index (χ0v) is 26.9. The summed E-state index contributed by atoms with van der Waals surface area (Å²) in [6.45, 7) is 6.91. The number of piperazine rings is 1. The molecular formula is C36H43N7O4. The van der Waals surface area contributed by atoms with Crippen LogP contribution in [0.4, 0.5) is 5.82 Å². The number of amides is 3. The number of benzene rings is 3. The molecule has 0 bridgehead atoms. The maximum Gasteiger partial charge on any atom is 0.250 e. The number of hydrogen-bond donors (Lipinski definition) is 3. The Morgan fingerprint density at radius 1 is 0.872 bits per heavy atom.